The Hall–Kier alpha value is -1.58. The van der Waals surface area contributed by atoms with Crippen molar-refractivity contribution in [3.8, 4) is 0 Å². The van der Waals surface area contributed by atoms with Gasteiger partial charge in [-0.1, -0.05) is 13.8 Å². The number of nitrogens with zero attached hydrogens (tertiary/aromatic N) is 2. The van der Waals surface area contributed by atoms with Gasteiger partial charge in [0.15, 0.2) is 0 Å². The number of amides is 1. The summed E-state index contributed by atoms with van der Waals surface area (Å²) in [6, 6.07) is 3.74. The maximum Gasteiger partial charge on any atom is 0.224 e. The molecule has 0 unspecified atom stereocenters. The monoisotopic (exact) mass is 221 g/mol. The normalized spacial score (nSPS) is 10.3. The van der Waals surface area contributed by atoms with E-state index in [9.17, 15) is 4.79 Å². The van der Waals surface area contributed by atoms with Crippen molar-refractivity contribution in [3.63, 3.8) is 0 Å². The fraction of sp³-hybridized carbons (Fsp3) is 0.500. The molecule has 1 heterocycles. The van der Waals surface area contributed by atoms with Crippen molar-refractivity contribution in [3.05, 3.63) is 18.3 Å². The van der Waals surface area contributed by atoms with Gasteiger partial charge in [-0.3, -0.25) is 4.79 Å². The minimum atomic E-state index is 0.0365. The molecule has 1 amide bonds. The van der Waals surface area contributed by atoms with Crippen LogP contribution in [0.4, 0.5) is 11.5 Å². The Morgan fingerprint density at radius 3 is 2.56 bits per heavy atom. The summed E-state index contributed by atoms with van der Waals surface area (Å²) in [5, 5.41) is 2.82. The van der Waals surface area contributed by atoms with Crippen LogP contribution in [0.25, 0.3) is 0 Å². The van der Waals surface area contributed by atoms with Crippen molar-refractivity contribution in [2.24, 2.45) is 5.92 Å². The van der Waals surface area contributed by atoms with E-state index in [2.05, 4.69) is 10.3 Å². The standard InChI is InChI=1S/C12H19N3O/c1-9(2)7-12(16)14-10-5-6-11(13-8-10)15(3)4/h5-6,8-9H,7H2,1-4H3,(H,14,16). The van der Waals surface area contributed by atoms with Gasteiger partial charge in [-0.15, -0.1) is 0 Å². The van der Waals surface area contributed by atoms with Gasteiger partial charge >= 0.3 is 0 Å². The van der Waals surface area contributed by atoms with Crippen molar-refractivity contribution >= 4 is 17.4 Å². The zero-order valence-electron chi connectivity index (χ0n) is 10.3. The molecule has 4 nitrogen and oxygen atoms in total. The van der Waals surface area contributed by atoms with Gasteiger partial charge < -0.3 is 10.2 Å². The highest BCUT2D eigenvalue weighted by molar-refractivity contribution is 5.90. The number of hydrogen-bond donors (Lipinski definition) is 1. The maximum absolute atomic E-state index is 11.5. The number of hydrogen-bond acceptors (Lipinski definition) is 3. The molecular formula is C12H19N3O. The Morgan fingerprint density at radius 1 is 1.44 bits per heavy atom. The second-order valence-electron chi connectivity index (χ2n) is 4.45. The maximum atomic E-state index is 11.5. The van der Waals surface area contributed by atoms with Crippen LogP contribution in [0.5, 0.6) is 0 Å². The average Bonchev–Trinajstić information content (AvgIpc) is 2.16. The smallest absolute Gasteiger partial charge is 0.224 e. The van der Waals surface area contributed by atoms with E-state index in [1.165, 1.54) is 0 Å². The second-order valence-corrected chi connectivity index (χ2v) is 4.45. The average molecular weight is 221 g/mol. The molecule has 0 aliphatic heterocycles. The summed E-state index contributed by atoms with van der Waals surface area (Å²) in [5.74, 6) is 1.28. The Balaban J connectivity index is 2.58. The lowest BCUT2D eigenvalue weighted by Crippen LogP contribution is -2.15. The quantitative estimate of drug-likeness (QED) is 0.847. The summed E-state index contributed by atoms with van der Waals surface area (Å²) in [5.41, 5.74) is 0.747. The van der Waals surface area contributed by atoms with E-state index in [0.717, 1.165) is 11.5 Å². The number of rotatable bonds is 4. The molecule has 16 heavy (non-hydrogen) atoms. The van der Waals surface area contributed by atoms with E-state index in [-0.39, 0.29) is 5.91 Å². The zero-order valence-corrected chi connectivity index (χ0v) is 10.3. The van der Waals surface area contributed by atoms with Crippen molar-refractivity contribution in [1.29, 1.82) is 0 Å². The Morgan fingerprint density at radius 2 is 2.12 bits per heavy atom. The highest BCUT2D eigenvalue weighted by Crippen LogP contribution is 2.12. The first-order valence-corrected chi connectivity index (χ1v) is 5.42. The highest BCUT2D eigenvalue weighted by Gasteiger charge is 2.05. The predicted molar refractivity (Wildman–Crippen MR) is 66.6 cm³/mol. The molecule has 0 fully saturated rings. The lowest BCUT2D eigenvalue weighted by Gasteiger charge is -2.12. The molecule has 0 aromatic carbocycles. The van der Waals surface area contributed by atoms with E-state index in [4.69, 9.17) is 0 Å². The first kappa shape index (κ1) is 12.5. The van der Waals surface area contributed by atoms with Crippen LogP contribution >= 0.6 is 0 Å². The van der Waals surface area contributed by atoms with E-state index >= 15 is 0 Å². The van der Waals surface area contributed by atoms with E-state index in [0.29, 0.717) is 12.3 Å². The van der Waals surface area contributed by atoms with Crippen LogP contribution in [0.3, 0.4) is 0 Å². The number of carbonyl (C=O) groups is 1. The van der Waals surface area contributed by atoms with Crippen LogP contribution in [-0.4, -0.2) is 25.0 Å². The molecule has 1 N–H and O–H groups in total. The van der Waals surface area contributed by atoms with Gasteiger partial charge in [0.05, 0.1) is 11.9 Å². The lowest BCUT2D eigenvalue weighted by atomic mass is 10.1. The van der Waals surface area contributed by atoms with Gasteiger partial charge in [0, 0.05) is 20.5 Å². The third-order valence-electron chi connectivity index (χ3n) is 2.08. The van der Waals surface area contributed by atoms with E-state index < -0.39 is 0 Å². The molecule has 0 saturated heterocycles. The summed E-state index contributed by atoms with van der Waals surface area (Å²) in [7, 11) is 3.86. The lowest BCUT2D eigenvalue weighted by molar-refractivity contribution is -0.116. The molecule has 0 spiro atoms. The third-order valence-corrected chi connectivity index (χ3v) is 2.08. The summed E-state index contributed by atoms with van der Waals surface area (Å²) in [6.45, 7) is 4.04. The molecule has 88 valence electrons. The molecule has 0 saturated carbocycles. The van der Waals surface area contributed by atoms with Crippen LogP contribution in [-0.2, 0) is 4.79 Å². The molecule has 1 rings (SSSR count). The summed E-state index contributed by atoms with van der Waals surface area (Å²) in [6.07, 6.45) is 2.21. The van der Waals surface area contributed by atoms with Crippen LogP contribution in [0.2, 0.25) is 0 Å². The van der Waals surface area contributed by atoms with Gasteiger partial charge in [0.2, 0.25) is 5.91 Å². The first-order valence-electron chi connectivity index (χ1n) is 5.42. The molecular weight excluding hydrogens is 202 g/mol. The van der Waals surface area contributed by atoms with Crippen molar-refractivity contribution in [2.45, 2.75) is 20.3 Å². The Kier molecular flexibility index (Phi) is 4.28. The Labute approximate surface area is 96.7 Å². The van der Waals surface area contributed by atoms with E-state index in [1.807, 2.05) is 45.0 Å². The number of nitrogens with one attached hydrogen (secondary N) is 1. The predicted octanol–water partition coefficient (Wildman–Crippen LogP) is 2.13. The SMILES string of the molecule is CC(C)CC(=O)Nc1ccc(N(C)C)nc1. The van der Waals surface area contributed by atoms with Gasteiger partial charge in [0.1, 0.15) is 5.82 Å². The number of anilines is 2. The van der Waals surface area contributed by atoms with Crippen molar-refractivity contribution in [1.82, 2.24) is 4.98 Å². The molecule has 0 bridgehead atoms. The van der Waals surface area contributed by atoms with Gasteiger partial charge in [-0.25, -0.2) is 4.98 Å². The fourth-order valence-electron chi connectivity index (χ4n) is 1.31. The molecule has 4 heteroatoms. The molecule has 0 aliphatic rings. The van der Waals surface area contributed by atoms with Crippen LogP contribution < -0.4 is 10.2 Å². The van der Waals surface area contributed by atoms with Crippen LogP contribution in [0.15, 0.2) is 18.3 Å². The topological polar surface area (TPSA) is 45.2 Å². The van der Waals surface area contributed by atoms with Gasteiger partial charge in [-0.2, -0.15) is 0 Å². The minimum absolute atomic E-state index is 0.0365. The Bertz CT molecular complexity index is 344. The van der Waals surface area contributed by atoms with Gasteiger partial charge in [0.25, 0.3) is 0 Å². The minimum Gasteiger partial charge on any atom is -0.363 e. The van der Waals surface area contributed by atoms with Crippen LogP contribution in [0, 0.1) is 5.92 Å². The summed E-state index contributed by atoms with van der Waals surface area (Å²) in [4.78, 5) is 17.6. The van der Waals surface area contributed by atoms with Crippen molar-refractivity contribution < 1.29 is 4.79 Å². The number of pyridine rings is 1. The van der Waals surface area contributed by atoms with Crippen molar-refractivity contribution in [2.75, 3.05) is 24.3 Å². The fourth-order valence-corrected chi connectivity index (χ4v) is 1.31. The van der Waals surface area contributed by atoms with Crippen LogP contribution in [0.1, 0.15) is 20.3 Å². The van der Waals surface area contributed by atoms with Gasteiger partial charge in [-0.05, 0) is 18.1 Å². The number of aromatic nitrogens is 1. The molecule has 1 aromatic rings. The zero-order chi connectivity index (χ0) is 12.1. The molecule has 0 atom stereocenters. The molecule has 0 aliphatic carbocycles. The summed E-state index contributed by atoms with van der Waals surface area (Å²) < 4.78 is 0. The van der Waals surface area contributed by atoms with E-state index in [1.54, 1.807) is 6.20 Å². The largest absolute Gasteiger partial charge is 0.363 e. The molecule has 0 radical (unpaired) electrons. The highest BCUT2D eigenvalue weighted by atomic mass is 16.1. The molecule has 1 aromatic heterocycles. The summed E-state index contributed by atoms with van der Waals surface area (Å²) >= 11 is 0. The first-order chi connectivity index (χ1) is 7.49. The second kappa shape index (κ2) is 5.49. The third kappa shape index (κ3) is 3.88. The number of carbonyl (C=O) groups excluding carboxylic acids is 1.